The second-order valence-corrected chi connectivity index (χ2v) is 11.3. The molecule has 1 saturated carbocycles. The molecular formula is C20H31N3O5S. The van der Waals surface area contributed by atoms with Crippen molar-refractivity contribution in [1.82, 2.24) is 15.4 Å². The molecule has 2 atom stereocenters. The highest BCUT2D eigenvalue weighted by atomic mass is 32.2. The Morgan fingerprint density at radius 2 is 2.00 bits per heavy atom. The van der Waals surface area contributed by atoms with Crippen molar-refractivity contribution in [2.75, 3.05) is 12.3 Å². The number of hydrogen-bond donors (Lipinski definition) is 1. The lowest BCUT2D eigenvalue weighted by atomic mass is 9.69. The molecule has 1 saturated heterocycles. The fourth-order valence-electron chi connectivity index (χ4n) is 4.58. The van der Waals surface area contributed by atoms with Gasteiger partial charge in [-0.2, -0.15) is 0 Å². The molecule has 1 spiro atoms. The summed E-state index contributed by atoms with van der Waals surface area (Å²) in [5.41, 5.74) is 0.176. The zero-order valence-corrected chi connectivity index (χ0v) is 18.4. The van der Waals surface area contributed by atoms with Gasteiger partial charge in [-0.15, -0.1) is 0 Å². The largest absolute Gasteiger partial charge is 0.364 e. The zero-order chi connectivity index (χ0) is 21.4. The Balaban J connectivity index is 1.67. The Labute approximate surface area is 172 Å². The Kier molecular flexibility index (Phi) is 6.08. The van der Waals surface area contributed by atoms with Gasteiger partial charge in [-0.05, 0) is 45.4 Å². The predicted molar refractivity (Wildman–Crippen MR) is 108 cm³/mol. The van der Waals surface area contributed by atoms with Gasteiger partial charge in [-0.3, -0.25) is 9.59 Å². The van der Waals surface area contributed by atoms with Gasteiger partial charge in [0.2, 0.25) is 5.91 Å². The van der Waals surface area contributed by atoms with Crippen molar-refractivity contribution >= 4 is 21.7 Å². The summed E-state index contributed by atoms with van der Waals surface area (Å²) >= 11 is 0. The zero-order valence-electron chi connectivity index (χ0n) is 17.6. The summed E-state index contributed by atoms with van der Waals surface area (Å²) in [6.45, 7) is 8.77. The molecule has 2 unspecified atom stereocenters. The highest BCUT2D eigenvalue weighted by Gasteiger charge is 2.59. The van der Waals surface area contributed by atoms with E-state index in [0.717, 1.165) is 0 Å². The van der Waals surface area contributed by atoms with Crippen molar-refractivity contribution in [2.45, 2.75) is 70.2 Å². The molecule has 29 heavy (non-hydrogen) atoms. The standard InChI is InChI=1S/C20H31N3O5S/c1-5-23(14(4)13(2)3)19(25)15-10-20(11-15)12-16(7-9-29(20,26)27)21-18(24)17-6-8-28-22-17/h6,8,13-16H,5,7,9-12H2,1-4H3,(H,21,24). The minimum Gasteiger partial charge on any atom is -0.364 e. The number of carbonyl (C=O) groups excluding carboxylic acids is 2. The smallest absolute Gasteiger partial charge is 0.273 e. The first-order chi connectivity index (χ1) is 13.6. The molecule has 162 valence electrons. The Hall–Kier alpha value is -1.90. The monoisotopic (exact) mass is 425 g/mol. The van der Waals surface area contributed by atoms with Crippen LogP contribution >= 0.6 is 0 Å². The van der Waals surface area contributed by atoms with Crippen LogP contribution in [0.15, 0.2) is 16.9 Å². The maximum Gasteiger partial charge on any atom is 0.273 e. The number of nitrogens with zero attached hydrogens (tertiary/aromatic N) is 2. The Morgan fingerprint density at radius 3 is 2.55 bits per heavy atom. The fourth-order valence-corrected chi connectivity index (χ4v) is 6.97. The molecule has 0 aromatic carbocycles. The van der Waals surface area contributed by atoms with Crippen LogP contribution in [0.1, 0.15) is 63.9 Å². The third-order valence-electron chi connectivity index (χ3n) is 6.69. The number of sulfone groups is 1. The molecule has 2 aliphatic rings. The molecule has 9 heteroatoms. The molecule has 0 bridgehead atoms. The van der Waals surface area contributed by atoms with E-state index in [1.54, 1.807) is 0 Å². The average molecular weight is 426 g/mol. The van der Waals surface area contributed by atoms with E-state index in [9.17, 15) is 18.0 Å². The molecule has 2 fully saturated rings. The molecule has 8 nitrogen and oxygen atoms in total. The van der Waals surface area contributed by atoms with Crippen LogP contribution in [0.3, 0.4) is 0 Å². The molecular weight excluding hydrogens is 394 g/mol. The lowest BCUT2D eigenvalue weighted by Crippen LogP contribution is -2.62. The van der Waals surface area contributed by atoms with E-state index in [1.165, 1.54) is 12.3 Å². The van der Waals surface area contributed by atoms with Gasteiger partial charge < -0.3 is 14.7 Å². The second kappa shape index (κ2) is 8.08. The van der Waals surface area contributed by atoms with Gasteiger partial charge >= 0.3 is 0 Å². The Morgan fingerprint density at radius 1 is 1.31 bits per heavy atom. The lowest BCUT2D eigenvalue weighted by molar-refractivity contribution is -0.142. The quantitative estimate of drug-likeness (QED) is 0.747. The number of nitrogens with one attached hydrogen (secondary N) is 1. The van der Waals surface area contributed by atoms with Crippen molar-refractivity contribution in [3.05, 3.63) is 18.0 Å². The van der Waals surface area contributed by atoms with E-state index in [4.69, 9.17) is 4.52 Å². The molecule has 2 heterocycles. The number of rotatable bonds is 6. The van der Waals surface area contributed by atoms with Crippen LogP contribution in [0.2, 0.25) is 0 Å². The molecule has 2 amide bonds. The van der Waals surface area contributed by atoms with Crippen molar-refractivity contribution in [1.29, 1.82) is 0 Å². The van der Waals surface area contributed by atoms with E-state index in [2.05, 4.69) is 24.3 Å². The van der Waals surface area contributed by atoms with Crippen LogP contribution in [-0.2, 0) is 14.6 Å². The minimum absolute atomic E-state index is 0.0254. The summed E-state index contributed by atoms with van der Waals surface area (Å²) in [5, 5.41) is 6.49. The van der Waals surface area contributed by atoms with Crippen molar-refractivity contribution in [3.63, 3.8) is 0 Å². The van der Waals surface area contributed by atoms with Gasteiger partial charge in [-0.1, -0.05) is 19.0 Å². The molecule has 1 aliphatic heterocycles. The first-order valence-electron chi connectivity index (χ1n) is 10.3. The van der Waals surface area contributed by atoms with Crippen molar-refractivity contribution in [2.24, 2.45) is 11.8 Å². The van der Waals surface area contributed by atoms with Crippen LogP contribution < -0.4 is 5.32 Å². The molecule has 1 N–H and O–H groups in total. The van der Waals surface area contributed by atoms with E-state index < -0.39 is 14.6 Å². The van der Waals surface area contributed by atoms with Gasteiger partial charge in [0.15, 0.2) is 15.5 Å². The highest BCUT2D eigenvalue weighted by Crippen LogP contribution is 2.50. The summed E-state index contributed by atoms with van der Waals surface area (Å²) < 4.78 is 29.4. The first-order valence-corrected chi connectivity index (χ1v) is 12.0. The average Bonchev–Trinajstić information content (AvgIpc) is 3.16. The summed E-state index contributed by atoms with van der Waals surface area (Å²) in [6.07, 6.45) is 2.71. The van der Waals surface area contributed by atoms with Gasteiger partial charge in [0, 0.05) is 30.6 Å². The van der Waals surface area contributed by atoms with Gasteiger partial charge in [-0.25, -0.2) is 8.42 Å². The van der Waals surface area contributed by atoms with Gasteiger partial charge in [0.05, 0.1) is 10.5 Å². The first kappa shape index (κ1) is 21.8. The highest BCUT2D eigenvalue weighted by molar-refractivity contribution is 7.92. The second-order valence-electron chi connectivity index (χ2n) is 8.76. The van der Waals surface area contributed by atoms with Gasteiger partial charge in [0.25, 0.3) is 5.91 Å². The lowest BCUT2D eigenvalue weighted by Gasteiger charge is -2.51. The van der Waals surface area contributed by atoms with Gasteiger partial charge in [0.1, 0.15) is 6.26 Å². The maximum absolute atomic E-state index is 13.0. The SMILES string of the molecule is CCN(C(=O)C1CC2(CC(NC(=O)c3ccon3)CCS2(=O)=O)C1)C(C)C(C)C. The van der Waals surface area contributed by atoms with Crippen LogP contribution in [0, 0.1) is 11.8 Å². The third kappa shape index (κ3) is 4.06. The van der Waals surface area contributed by atoms with Crippen LogP contribution in [0.5, 0.6) is 0 Å². The normalized spacial score (nSPS) is 29.3. The Bertz CT molecular complexity index is 843. The molecule has 1 aromatic rings. The summed E-state index contributed by atoms with van der Waals surface area (Å²) in [4.78, 5) is 27.1. The minimum atomic E-state index is -3.30. The van der Waals surface area contributed by atoms with E-state index in [-0.39, 0.29) is 41.3 Å². The van der Waals surface area contributed by atoms with Crippen molar-refractivity contribution in [3.8, 4) is 0 Å². The number of amides is 2. The summed E-state index contributed by atoms with van der Waals surface area (Å²) in [5.74, 6) is -0.230. The topological polar surface area (TPSA) is 110 Å². The van der Waals surface area contributed by atoms with Crippen LogP contribution in [0.25, 0.3) is 0 Å². The summed E-state index contributed by atoms with van der Waals surface area (Å²) in [7, 11) is -3.30. The molecule has 1 aromatic heterocycles. The van der Waals surface area contributed by atoms with Crippen LogP contribution in [0.4, 0.5) is 0 Å². The van der Waals surface area contributed by atoms with Crippen molar-refractivity contribution < 1.29 is 22.5 Å². The van der Waals surface area contributed by atoms with E-state index in [0.29, 0.717) is 38.1 Å². The fraction of sp³-hybridized carbons (Fsp3) is 0.750. The number of aromatic nitrogens is 1. The number of hydrogen-bond acceptors (Lipinski definition) is 6. The maximum atomic E-state index is 13.0. The number of carbonyl (C=O) groups is 2. The molecule has 0 radical (unpaired) electrons. The predicted octanol–water partition coefficient (Wildman–Crippen LogP) is 2.02. The van der Waals surface area contributed by atoms with E-state index >= 15 is 0 Å². The summed E-state index contributed by atoms with van der Waals surface area (Å²) in [6, 6.07) is 1.33. The van der Waals surface area contributed by atoms with E-state index in [1.807, 2.05) is 18.7 Å². The molecule has 1 aliphatic carbocycles. The third-order valence-corrected chi connectivity index (χ3v) is 9.28. The molecule has 3 rings (SSSR count). The van der Waals surface area contributed by atoms with Crippen LogP contribution in [-0.4, -0.2) is 59.4 Å².